The van der Waals surface area contributed by atoms with E-state index in [0.717, 1.165) is 25.0 Å². The Labute approximate surface area is 113 Å². The van der Waals surface area contributed by atoms with Crippen molar-refractivity contribution in [2.75, 3.05) is 33.4 Å². The van der Waals surface area contributed by atoms with Gasteiger partial charge in [-0.1, -0.05) is 20.8 Å². The van der Waals surface area contributed by atoms with Gasteiger partial charge in [0.1, 0.15) is 0 Å². The maximum absolute atomic E-state index is 5.98. The fourth-order valence-electron chi connectivity index (χ4n) is 3.26. The third-order valence-electron chi connectivity index (χ3n) is 4.55. The molecule has 3 heteroatoms. The van der Waals surface area contributed by atoms with Crippen LogP contribution in [0.4, 0.5) is 0 Å². The van der Waals surface area contributed by atoms with Gasteiger partial charge in [0.15, 0.2) is 0 Å². The van der Waals surface area contributed by atoms with Crippen LogP contribution in [0.3, 0.4) is 0 Å². The van der Waals surface area contributed by atoms with Crippen LogP contribution >= 0.6 is 0 Å². The van der Waals surface area contributed by atoms with E-state index in [4.69, 9.17) is 10.5 Å². The molecule has 1 aliphatic heterocycles. The molecule has 0 aliphatic carbocycles. The van der Waals surface area contributed by atoms with Crippen molar-refractivity contribution in [3.05, 3.63) is 0 Å². The van der Waals surface area contributed by atoms with Crippen molar-refractivity contribution in [1.29, 1.82) is 0 Å². The largest absolute Gasteiger partial charge is 0.384 e. The smallest absolute Gasteiger partial charge is 0.0503 e. The number of nitrogens with zero attached hydrogens (tertiary/aromatic N) is 1. The zero-order valence-corrected chi connectivity index (χ0v) is 12.7. The summed E-state index contributed by atoms with van der Waals surface area (Å²) in [6.45, 7) is 10.9. The lowest BCUT2D eigenvalue weighted by atomic mass is 9.89. The molecule has 18 heavy (non-hydrogen) atoms. The first-order chi connectivity index (χ1) is 8.60. The van der Waals surface area contributed by atoms with E-state index in [1.54, 1.807) is 7.11 Å². The van der Waals surface area contributed by atoms with E-state index in [2.05, 4.69) is 25.7 Å². The van der Waals surface area contributed by atoms with E-state index < -0.39 is 0 Å². The van der Waals surface area contributed by atoms with Gasteiger partial charge in [0.2, 0.25) is 0 Å². The first-order valence-electron chi connectivity index (χ1n) is 7.53. The van der Waals surface area contributed by atoms with E-state index in [1.807, 2.05) is 0 Å². The van der Waals surface area contributed by atoms with Gasteiger partial charge in [-0.15, -0.1) is 0 Å². The molecule has 2 N–H and O–H groups in total. The Morgan fingerprint density at radius 3 is 2.50 bits per heavy atom. The molecule has 1 heterocycles. The standard InChI is InChI=1S/C15H32N2O/c1-12(2)14-6-5-8-17(9-7-14)15(10-16)13(3)11-18-4/h12-15H,5-11,16H2,1-4H3. The fourth-order valence-corrected chi connectivity index (χ4v) is 3.26. The Kier molecular flexibility index (Phi) is 7.20. The highest BCUT2D eigenvalue weighted by Gasteiger charge is 2.26. The van der Waals surface area contributed by atoms with Gasteiger partial charge < -0.3 is 10.5 Å². The van der Waals surface area contributed by atoms with Crippen LogP contribution < -0.4 is 5.73 Å². The quantitative estimate of drug-likeness (QED) is 0.793. The lowest BCUT2D eigenvalue weighted by molar-refractivity contribution is 0.0858. The Balaban J connectivity index is 2.54. The summed E-state index contributed by atoms with van der Waals surface area (Å²) >= 11 is 0. The number of hydrogen-bond acceptors (Lipinski definition) is 3. The minimum atomic E-state index is 0.482. The van der Waals surface area contributed by atoms with Crippen molar-refractivity contribution in [1.82, 2.24) is 4.90 Å². The summed E-state index contributed by atoms with van der Waals surface area (Å²) in [6, 6.07) is 0.482. The highest BCUT2D eigenvalue weighted by atomic mass is 16.5. The maximum Gasteiger partial charge on any atom is 0.0503 e. The summed E-state index contributed by atoms with van der Waals surface area (Å²) in [5.74, 6) is 2.24. The second-order valence-corrected chi connectivity index (χ2v) is 6.21. The third kappa shape index (κ3) is 4.52. The van der Waals surface area contributed by atoms with E-state index in [1.165, 1.54) is 32.4 Å². The molecule has 0 aromatic rings. The molecule has 3 unspecified atom stereocenters. The van der Waals surface area contributed by atoms with E-state index in [-0.39, 0.29) is 0 Å². The molecular formula is C15H32N2O. The number of methoxy groups -OCH3 is 1. The molecule has 1 saturated heterocycles. The van der Waals surface area contributed by atoms with Crippen LogP contribution in [0.15, 0.2) is 0 Å². The van der Waals surface area contributed by atoms with E-state index in [0.29, 0.717) is 12.0 Å². The molecule has 1 rings (SSSR count). The first-order valence-corrected chi connectivity index (χ1v) is 7.53. The van der Waals surface area contributed by atoms with Crippen molar-refractivity contribution in [2.24, 2.45) is 23.5 Å². The summed E-state index contributed by atoms with van der Waals surface area (Å²) in [7, 11) is 1.78. The van der Waals surface area contributed by atoms with Crippen molar-refractivity contribution in [3.8, 4) is 0 Å². The number of ether oxygens (including phenoxy) is 1. The first kappa shape index (κ1) is 15.9. The van der Waals surface area contributed by atoms with Crippen LogP contribution in [0.2, 0.25) is 0 Å². The monoisotopic (exact) mass is 256 g/mol. The molecular weight excluding hydrogens is 224 g/mol. The molecule has 0 saturated carbocycles. The van der Waals surface area contributed by atoms with Crippen molar-refractivity contribution in [2.45, 2.75) is 46.1 Å². The molecule has 0 radical (unpaired) electrons. The predicted molar refractivity (Wildman–Crippen MR) is 77.6 cm³/mol. The Bertz CT molecular complexity index is 221. The third-order valence-corrected chi connectivity index (χ3v) is 4.55. The second kappa shape index (κ2) is 8.13. The van der Waals surface area contributed by atoms with Crippen molar-refractivity contribution in [3.63, 3.8) is 0 Å². The Morgan fingerprint density at radius 1 is 1.22 bits per heavy atom. The second-order valence-electron chi connectivity index (χ2n) is 6.21. The SMILES string of the molecule is COCC(C)C(CN)N1CCCC(C(C)C)CC1. The van der Waals surface area contributed by atoms with Gasteiger partial charge in [-0.2, -0.15) is 0 Å². The zero-order valence-electron chi connectivity index (χ0n) is 12.7. The van der Waals surface area contributed by atoms with Gasteiger partial charge in [-0.25, -0.2) is 0 Å². The number of likely N-dealkylation sites (tertiary alicyclic amines) is 1. The minimum absolute atomic E-state index is 0.482. The zero-order chi connectivity index (χ0) is 13.5. The van der Waals surface area contributed by atoms with Crippen LogP contribution in [0.1, 0.15) is 40.0 Å². The highest BCUT2D eigenvalue weighted by molar-refractivity contribution is 4.81. The Hall–Kier alpha value is -0.120. The summed E-state index contributed by atoms with van der Waals surface area (Å²) in [5.41, 5.74) is 5.98. The van der Waals surface area contributed by atoms with Gasteiger partial charge in [0.25, 0.3) is 0 Å². The molecule has 0 aromatic heterocycles. The number of nitrogens with two attached hydrogens (primary N) is 1. The fraction of sp³-hybridized carbons (Fsp3) is 1.00. The van der Waals surface area contributed by atoms with Crippen LogP contribution in [0.25, 0.3) is 0 Å². The molecule has 0 bridgehead atoms. The molecule has 3 nitrogen and oxygen atoms in total. The topological polar surface area (TPSA) is 38.5 Å². The normalized spacial score (nSPS) is 26.0. The van der Waals surface area contributed by atoms with Gasteiger partial charge in [-0.3, -0.25) is 4.90 Å². The minimum Gasteiger partial charge on any atom is -0.384 e. The molecule has 0 aromatic carbocycles. The van der Waals surface area contributed by atoms with Gasteiger partial charge >= 0.3 is 0 Å². The molecule has 1 aliphatic rings. The van der Waals surface area contributed by atoms with Gasteiger partial charge in [0, 0.05) is 19.7 Å². The summed E-state index contributed by atoms with van der Waals surface area (Å²) in [5, 5.41) is 0. The van der Waals surface area contributed by atoms with Gasteiger partial charge in [-0.05, 0) is 50.1 Å². The maximum atomic E-state index is 5.98. The summed E-state index contributed by atoms with van der Waals surface area (Å²) < 4.78 is 5.29. The van der Waals surface area contributed by atoms with Crippen LogP contribution in [0.5, 0.6) is 0 Å². The Morgan fingerprint density at radius 2 is 1.94 bits per heavy atom. The molecule has 1 fully saturated rings. The average Bonchev–Trinajstić information content (AvgIpc) is 2.56. The average molecular weight is 256 g/mol. The van der Waals surface area contributed by atoms with Crippen molar-refractivity contribution < 1.29 is 4.74 Å². The van der Waals surface area contributed by atoms with E-state index in [9.17, 15) is 0 Å². The van der Waals surface area contributed by atoms with Crippen molar-refractivity contribution >= 4 is 0 Å². The lowest BCUT2D eigenvalue weighted by Gasteiger charge is -2.34. The molecule has 0 amide bonds. The molecule has 3 atom stereocenters. The summed E-state index contributed by atoms with van der Waals surface area (Å²) in [6.07, 6.45) is 4.02. The highest BCUT2D eigenvalue weighted by Crippen LogP contribution is 2.26. The van der Waals surface area contributed by atoms with Crippen LogP contribution in [-0.2, 0) is 4.74 Å². The van der Waals surface area contributed by atoms with Crippen LogP contribution in [0, 0.1) is 17.8 Å². The lowest BCUT2D eigenvalue weighted by Crippen LogP contribution is -2.46. The van der Waals surface area contributed by atoms with E-state index >= 15 is 0 Å². The molecule has 108 valence electrons. The predicted octanol–water partition coefficient (Wildman–Crippen LogP) is 2.35. The number of hydrogen-bond donors (Lipinski definition) is 1. The molecule has 0 spiro atoms. The van der Waals surface area contributed by atoms with Gasteiger partial charge in [0.05, 0.1) is 6.61 Å². The summed E-state index contributed by atoms with van der Waals surface area (Å²) in [4.78, 5) is 2.60. The number of rotatable bonds is 6. The van der Waals surface area contributed by atoms with Crippen LogP contribution in [-0.4, -0.2) is 44.3 Å².